The van der Waals surface area contributed by atoms with Crippen LogP contribution in [-0.2, 0) is 14.9 Å². The number of nitrogens with one attached hydrogen (secondary N) is 1. The molecule has 1 aliphatic rings. The van der Waals surface area contributed by atoms with Gasteiger partial charge in [0.2, 0.25) is 5.91 Å². The highest BCUT2D eigenvalue weighted by atomic mass is 32.2. The Morgan fingerprint density at radius 1 is 1.12 bits per heavy atom. The van der Waals surface area contributed by atoms with Gasteiger partial charge < -0.3 is 10.1 Å². The first-order chi connectivity index (χ1) is 11.8. The number of aromatic nitrogens is 2. The van der Waals surface area contributed by atoms with Crippen LogP contribution >= 0.6 is 11.8 Å². The molecule has 1 aliphatic heterocycles. The number of carbonyl (C=O) groups excluding carboxylic acids is 1. The van der Waals surface area contributed by atoms with Crippen molar-refractivity contribution < 1.29 is 9.53 Å². The molecule has 1 amide bonds. The van der Waals surface area contributed by atoms with E-state index < -0.39 is 0 Å². The van der Waals surface area contributed by atoms with E-state index >= 15 is 0 Å². The lowest BCUT2D eigenvalue weighted by Crippen LogP contribution is -2.45. The highest BCUT2D eigenvalue weighted by molar-refractivity contribution is 7.99. The van der Waals surface area contributed by atoms with Gasteiger partial charge >= 0.3 is 0 Å². The topological polar surface area (TPSA) is 64.1 Å². The predicted molar refractivity (Wildman–Crippen MR) is 93.9 cm³/mol. The average Bonchev–Trinajstić information content (AvgIpc) is 2.67. The van der Waals surface area contributed by atoms with E-state index in [0.717, 1.165) is 26.1 Å². The average molecular weight is 343 g/mol. The minimum absolute atomic E-state index is 0.00857. The van der Waals surface area contributed by atoms with Crippen molar-refractivity contribution in [1.82, 2.24) is 15.3 Å². The monoisotopic (exact) mass is 343 g/mol. The van der Waals surface area contributed by atoms with Crippen LogP contribution in [0.3, 0.4) is 0 Å². The van der Waals surface area contributed by atoms with Gasteiger partial charge in [-0.05, 0) is 24.5 Å². The molecule has 1 fully saturated rings. The lowest BCUT2D eigenvalue weighted by atomic mass is 9.74. The minimum Gasteiger partial charge on any atom is -0.381 e. The van der Waals surface area contributed by atoms with Gasteiger partial charge in [-0.25, -0.2) is 9.97 Å². The third kappa shape index (κ3) is 4.33. The number of thioether (sulfide) groups is 1. The molecule has 0 bridgehead atoms. The molecule has 1 aromatic carbocycles. The van der Waals surface area contributed by atoms with Gasteiger partial charge in [0.25, 0.3) is 0 Å². The van der Waals surface area contributed by atoms with Crippen molar-refractivity contribution in [1.29, 1.82) is 0 Å². The third-order valence-corrected chi connectivity index (χ3v) is 5.21. The fourth-order valence-electron chi connectivity index (χ4n) is 2.93. The Morgan fingerprint density at radius 2 is 1.83 bits per heavy atom. The Balaban J connectivity index is 1.58. The smallest absolute Gasteiger partial charge is 0.230 e. The SMILES string of the molecule is O=C(CSc1ncccn1)NCC1(c2ccccc2)CCOCC1. The van der Waals surface area contributed by atoms with Crippen LogP contribution in [0.2, 0.25) is 0 Å². The predicted octanol–water partition coefficient (Wildman–Crippen LogP) is 2.43. The number of hydrogen-bond acceptors (Lipinski definition) is 5. The molecule has 1 N–H and O–H groups in total. The standard InChI is InChI=1S/C18H21N3O2S/c22-16(13-24-17-19-9-4-10-20-17)21-14-18(7-11-23-12-8-18)15-5-2-1-3-6-15/h1-6,9-10H,7-8,11-14H2,(H,21,22). The number of benzene rings is 1. The van der Waals surface area contributed by atoms with Crippen molar-refractivity contribution in [2.45, 2.75) is 23.4 Å². The van der Waals surface area contributed by atoms with Crippen molar-refractivity contribution in [2.75, 3.05) is 25.5 Å². The molecule has 0 radical (unpaired) electrons. The molecule has 0 unspecified atom stereocenters. The lowest BCUT2D eigenvalue weighted by Gasteiger charge is -2.38. The van der Waals surface area contributed by atoms with E-state index in [1.807, 2.05) is 6.07 Å². The molecule has 0 atom stereocenters. The van der Waals surface area contributed by atoms with Crippen molar-refractivity contribution in [3.8, 4) is 0 Å². The largest absolute Gasteiger partial charge is 0.381 e. The van der Waals surface area contributed by atoms with E-state index in [4.69, 9.17) is 4.74 Å². The second-order valence-corrected chi connectivity index (χ2v) is 6.80. The summed E-state index contributed by atoms with van der Waals surface area (Å²) in [5.74, 6) is 0.333. The van der Waals surface area contributed by atoms with Crippen LogP contribution in [0.15, 0.2) is 53.9 Å². The molecule has 126 valence electrons. The lowest BCUT2D eigenvalue weighted by molar-refractivity contribution is -0.119. The molecule has 2 aromatic rings. The van der Waals surface area contributed by atoms with Crippen molar-refractivity contribution in [2.24, 2.45) is 0 Å². The van der Waals surface area contributed by atoms with Crippen LogP contribution in [0.4, 0.5) is 0 Å². The molecule has 0 aliphatic carbocycles. The number of nitrogens with zero attached hydrogens (tertiary/aromatic N) is 2. The Hall–Kier alpha value is -1.92. The Bertz CT molecular complexity index is 646. The minimum atomic E-state index is -0.0386. The van der Waals surface area contributed by atoms with Gasteiger partial charge in [0, 0.05) is 37.6 Å². The van der Waals surface area contributed by atoms with Crippen LogP contribution in [0.25, 0.3) is 0 Å². The number of carbonyl (C=O) groups is 1. The van der Waals surface area contributed by atoms with Gasteiger partial charge in [-0.15, -0.1) is 0 Å². The molecule has 3 rings (SSSR count). The number of hydrogen-bond donors (Lipinski definition) is 1. The van der Waals surface area contributed by atoms with Crippen LogP contribution in [-0.4, -0.2) is 41.4 Å². The van der Waals surface area contributed by atoms with E-state index in [2.05, 4.69) is 39.6 Å². The van der Waals surface area contributed by atoms with Crippen molar-refractivity contribution >= 4 is 17.7 Å². The molecule has 24 heavy (non-hydrogen) atoms. The summed E-state index contributed by atoms with van der Waals surface area (Å²) >= 11 is 1.35. The maximum atomic E-state index is 12.2. The summed E-state index contributed by atoms with van der Waals surface area (Å²) in [7, 11) is 0. The Labute approximate surface area is 146 Å². The van der Waals surface area contributed by atoms with E-state index in [1.54, 1.807) is 18.5 Å². The molecule has 1 aromatic heterocycles. The quantitative estimate of drug-likeness (QED) is 0.645. The second-order valence-electron chi connectivity index (χ2n) is 5.86. The maximum Gasteiger partial charge on any atom is 0.230 e. The van der Waals surface area contributed by atoms with E-state index in [1.165, 1.54) is 17.3 Å². The van der Waals surface area contributed by atoms with Gasteiger partial charge in [0.05, 0.1) is 5.75 Å². The summed E-state index contributed by atoms with van der Waals surface area (Å²) in [6.07, 6.45) is 5.21. The first-order valence-corrected chi connectivity index (χ1v) is 9.07. The molecular weight excluding hydrogens is 322 g/mol. The van der Waals surface area contributed by atoms with Crippen LogP contribution in [0.1, 0.15) is 18.4 Å². The number of rotatable bonds is 6. The molecule has 2 heterocycles. The second kappa shape index (κ2) is 8.26. The van der Waals surface area contributed by atoms with Gasteiger partial charge in [-0.3, -0.25) is 4.79 Å². The summed E-state index contributed by atoms with van der Waals surface area (Å²) in [6, 6.07) is 12.2. The third-order valence-electron chi connectivity index (χ3n) is 4.33. The van der Waals surface area contributed by atoms with E-state index in [-0.39, 0.29) is 11.3 Å². The van der Waals surface area contributed by atoms with Crippen LogP contribution < -0.4 is 5.32 Å². The summed E-state index contributed by atoms with van der Waals surface area (Å²) in [6.45, 7) is 2.10. The van der Waals surface area contributed by atoms with Crippen molar-refractivity contribution in [3.63, 3.8) is 0 Å². The van der Waals surface area contributed by atoms with Crippen molar-refractivity contribution in [3.05, 3.63) is 54.4 Å². The van der Waals surface area contributed by atoms with Gasteiger partial charge in [-0.2, -0.15) is 0 Å². The summed E-state index contributed by atoms with van der Waals surface area (Å²) in [5.41, 5.74) is 1.23. The summed E-state index contributed by atoms with van der Waals surface area (Å²) < 4.78 is 5.53. The molecule has 6 heteroatoms. The zero-order chi connectivity index (χ0) is 16.7. The molecule has 1 saturated heterocycles. The first-order valence-electron chi connectivity index (χ1n) is 8.08. The van der Waals surface area contributed by atoms with E-state index in [9.17, 15) is 4.79 Å². The zero-order valence-corrected chi connectivity index (χ0v) is 14.3. The summed E-state index contributed by atoms with van der Waals surface area (Å²) in [5, 5.41) is 3.71. The number of amides is 1. The fraction of sp³-hybridized carbons (Fsp3) is 0.389. The highest BCUT2D eigenvalue weighted by Crippen LogP contribution is 2.34. The molecule has 5 nitrogen and oxygen atoms in total. The maximum absolute atomic E-state index is 12.2. The van der Waals surface area contributed by atoms with Crippen LogP contribution in [0, 0.1) is 0 Å². The van der Waals surface area contributed by atoms with E-state index in [0.29, 0.717) is 17.5 Å². The summed E-state index contributed by atoms with van der Waals surface area (Å²) in [4.78, 5) is 20.4. The van der Waals surface area contributed by atoms with Gasteiger partial charge in [0.1, 0.15) is 0 Å². The Kier molecular flexibility index (Phi) is 5.82. The molecular formula is C18H21N3O2S. The zero-order valence-electron chi connectivity index (χ0n) is 13.5. The number of ether oxygens (including phenoxy) is 1. The first kappa shape index (κ1) is 16.9. The van der Waals surface area contributed by atoms with Crippen LogP contribution in [0.5, 0.6) is 0 Å². The fourth-order valence-corrected chi connectivity index (χ4v) is 3.56. The molecule has 0 saturated carbocycles. The highest BCUT2D eigenvalue weighted by Gasteiger charge is 2.34. The van der Waals surface area contributed by atoms with Gasteiger partial charge in [0.15, 0.2) is 5.16 Å². The Morgan fingerprint density at radius 3 is 2.54 bits per heavy atom. The molecule has 0 spiro atoms. The van der Waals surface area contributed by atoms with Gasteiger partial charge in [-0.1, -0.05) is 42.1 Å². The normalized spacial score (nSPS) is 16.5.